The van der Waals surface area contributed by atoms with Crippen molar-refractivity contribution in [2.75, 3.05) is 0 Å². The van der Waals surface area contributed by atoms with Gasteiger partial charge < -0.3 is 14.7 Å². The SMILES string of the molecule is O=C(O)c1cc(-c2[nH]c([C@@H]3CCc4c(Cl)c(-c5cc(Cl)ccc5-n5cnnn5)cc(=O)n43)nc2Cl)ccn1. The molecule has 0 fully saturated rings. The molecule has 1 aliphatic rings. The largest absolute Gasteiger partial charge is 0.477 e. The predicted octanol–water partition coefficient (Wildman–Crippen LogP) is 4.47. The summed E-state index contributed by atoms with van der Waals surface area (Å²) in [5.74, 6) is -0.701. The van der Waals surface area contributed by atoms with Crippen molar-refractivity contribution in [2.24, 2.45) is 0 Å². The van der Waals surface area contributed by atoms with E-state index in [0.717, 1.165) is 0 Å². The first kappa shape index (κ1) is 24.3. The molecule has 38 heavy (non-hydrogen) atoms. The number of benzene rings is 1. The fourth-order valence-electron chi connectivity index (χ4n) is 4.70. The molecule has 1 atom stereocenters. The maximum Gasteiger partial charge on any atom is 0.354 e. The average Bonchev–Trinajstić information content (AvgIpc) is 3.66. The Morgan fingerprint density at radius 1 is 1.11 bits per heavy atom. The zero-order chi connectivity index (χ0) is 26.6. The van der Waals surface area contributed by atoms with Gasteiger partial charge in [-0.1, -0.05) is 34.8 Å². The normalized spacial score (nSPS) is 14.6. The van der Waals surface area contributed by atoms with Crippen LogP contribution in [0.4, 0.5) is 0 Å². The number of tetrazole rings is 1. The number of fused-ring (bicyclic) bond motifs is 1. The minimum atomic E-state index is -1.16. The minimum Gasteiger partial charge on any atom is -0.477 e. The molecular formula is C24H15Cl3N8O3. The molecule has 1 aromatic carbocycles. The van der Waals surface area contributed by atoms with E-state index in [0.29, 0.717) is 62.5 Å². The van der Waals surface area contributed by atoms with E-state index in [2.05, 4.69) is 30.5 Å². The van der Waals surface area contributed by atoms with Crippen molar-refractivity contribution in [2.45, 2.75) is 18.9 Å². The Morgan fingerprint density at radius 3 is 2.71 bits per heavy atom. The van der Waals surface area contributed by atoms with Gasteiger partial charge in [0.2, 0.25) is 0 Å². The molecule has 5 aromatic rings. The first-order valence-electron chi connectivity index (χ1n) is 11.2. The maximum absolute atomic E-state index is 13.5. The molecule has 2 N–H and O–H groups in total. The fourth-order valence-corrected chi connectivity index (χ4v) is 5.46. The van der Waals surface area contributed by atoms with Crippen molar-refractivity contribution >= 4 is 40.8 Å². The van der Waals surface area contributed by atoms with E-state index in [-0.39, 0.29) is 16.4 Å². The van der Waals surface area contributed by atoms with Gasteiger partial charge in [0.15, 0.2) is 5.15 Å². The van der Waals surface area contributed by atoms with E-state index in [1.54, 1.807) is 28.8 Å². The zero-order valence-corrected chi connectivity index (χ0v) is 21.4. The third-order valence-electron chi connectivity index (χ3n) is 6.36. The number of aromatic carboxylic acids is 1. The summed E-state index contributed by atoms with van der Waals surface area (Å²) in [5.41, 5.74) is 2.90. The molecule has 0 bridgehead atoms. The molecule has 0 aliphatic carbocycles. The number of H-pyrrole nitrogens is 1. The van der Waals surface area contributed by atoms with Crippen LogP contribution in [0.2, 0.25) is 15.2 Å². The standard InChI is InChI=1S/C24H15Cl3N8O3/c25-12-1-2-16(34-10-29-32-33-34)13(8-12)14-9-19(36)35-17(20(14)26)3-4-18(35)23-30-21(22(27)31-23)11-5-6-28-15(7-11)24(37)38/h1-2,5-10,18H,3-4H2,(H,30,31)(H,37,38)/t18-/m0/s1. The van der Waals surface area contributed by atoms with Crippen LogP contribution in [0.15, 0.2) is 53.7 Å². The van der Waals surface area contributed by atoms with Crippen LogP contribution in [-0.4, -0.2) is 50.8 Å². The third-order valence-corrected chi connectivity index (χ3v) is 7.29. The Labute approximate surface area is 228 Å². The smallest absolute Gasteiger partial charge is 0.354 e. The van der Waals surface area contributed by atoms with Crippen LogP contribution in [0.1, 0.15) is 34.5 Å². The molecule has 0 unspecified atom stereocenters. The lowest BCUT2D eigenvalue weighted by molar-refractivity contribution is 0.0690. The molecule has 11 nitrogen and oxygen atoms in total. The molecule has 190 valence electrons. The topological polar surface area (TPSA) is 144 Å². The van der Waals surface area contributed by atoms with Gasteiger partial charge in [-0.15, -0.1) is 5.10 Å². The van der Waals surface area contributed by atoms with Gasteiger partial charge in [-0.2, -0.15) is 4.68 Å². The number of carbonyl (C=O) groups is 1. The highest BCUT2D eigenvalue weighted by atomic mass is 35.5. The quantitative estimate of drug-likeness (QED) is 0.315. The van der Waals surface area contributed by atoms with Gasteiger partial charge in [-0.25, -0.2) is 14.8 Å². The summed E-state index contributed by atoms with van der Waals surface area (Å²) in [6.07, 6.45) is 3.89. The number of nitrogens with one attached hydrogen (secondary N) is 1. The summed E-state index contributed by atoms with van der Waals surface area (Å²) < 4.78 is 3.07. The summed E-state index contributed by atoms with van der Waals surface area (Å²) in [7, 11) is 0. The van der Waals surface area contributed by atoms with E-state index < -0.39 is 12.0 Å². The highest BCUT2D eigenvalue weighted by Gasteiger charge is 2.31. The van der Waals surface area contributed by atoms with E-state index in [4.69, 9.17) is 34.8 Å². The number of pyridine rings is 2. The van der Waals surface area contributed by atoms with Gasteiger partial charge in [0, 0.05) is 39.7 Å². The van der Waals surface area contributed by atoms with Crippen LogP contribution >= 0.6 is 34.8 Å². The Morgan fingerprint density at radius 2 is 1.95 bits per heavy atom. The van der Waals surface area contributed by atoms with Gasteiger partial charge in [0.05, 0.1) is 22.4 Å². The molecule has 4 aromatic heterocycles. The fraction of sp³-hybridized carbons (Fsp3) is 0.125. The molecule has 5 heterocycles. The molecule has 6 rings (SSSR count). The van der Waals surface area contributed by atoms with Gasteiger partial charge in [0.25, 0.3) is 5.56 Å². The Balaban J connectivity index is 1.43. The number of aromatic amines is 1. The van der Waals surface area contributed by atoms with E-state index in [1.807, 2.05) is 0 Å². The first-order valence-corrected chi connectivity index (χ1v) is 12.4. The first-order chi connectivity index (χ1) is 18.3. The number of halogens is 3. The molecule has 14 heteroatoms. The highest BCUT2D eigenvalue weighted by molar-refractivity contribution is 6.34. The molecule has 0 saturated carbocycles. The Kier molecular flexibility index (Phi) is 5.98. The lowest BCUT2D eigenvalue weighted by Crippen LogP contribution is -2.24. The zero-order valence-electron chi connectivity index (χ0n) is 19.1. The molecule has 0 radical (unpaired) electrons. The van der Waals surface area contributed by atoms with Gasteiger partial charge in [0.1, 0.15) is 17.8 Å². The van der Waals surface area contributed by atoms with Crippen molar-refractivity contribution in [3.63, 3.8) is 0 Å². The molecule has 1 aliphatic heterocycles. The van der Waals surface area contributed by atoms with Crippen molar-refractivity contribution in [3.05, 3.63) is 91.7 Å². The second-order valence-electron chi connectivity index (χ2n) is 8.52. The Hall–Kier alpha value is -4.06. The lowest BCUT2D eigenvalue weighted by atomic mass is 10.0. The van der Waals surface area contributed by atoms with Crippen LogP contribution in [0.25, 0.3) is 28.1 Å². The van der Waals surface area contributed by atoms with Crippen LogP contribution in [0.3, 0.4) is 0 Å². The van der Waals surface area contributed by atoms with Gasteiger partial charge in [-0.05, 0) is 53.6 Å². The highest BCUT2D eigenvalue weighted by Crippen LogP contribution is 2.40. The summed E-state index contributed by atoms with van der Waals surface area (Å²) in [4.78, 5) is 36.3. The summed E-state index contributed by atoms with van der Waals surface area (Å²) >= 11 is 19.6. The predicted molar refractivity (Wildman–Crippen MR) is 139 cm³/mol. The third kappa shape index (κ3) is 4.05. The lowest BCUT2D eigenvalue weighted by Gasteiger charge is -2.17. The number of hydrogen-bond donors (Lipinski definition) is 2. The number of carboxylic acids is 1. The van der Waals surface area contributed by atoms with Gasteiger partial charge in [-0.3, -0.25) is 4.79 Å². The van der Waals surface area contributed by atoms with Crippen molar-refractivity contribution in [1.82, 2.24) is 39.7 Å². The number of aromatic nitrogens is 8. The van der Waals surface area contributed by atoms with E-state index in [9.17, 15) is 14.7 Å². The van der Waals surface area contributed by atoms with E-state index in [1.165, 1.54) is 29.3 Å². The maximum atomic E-state index is 13.5. The number of nitrogens with zero attached hydrogens (tertiary/aromatic N) is 7. The number of imidazole rings is 1. The van der Waals surface area contributed by atoms with Crippen LogP contribution in [0.5, 0.6) is 0 Å². The monoisotopic (exact) mass is 568 g/mol. The Bertz CT molecular complexity index is 1780. The van der Waals surface area contributed by atoms with Crippen LogP contribution < -0.4 is 5.56 Å². The molecule has 0 amide bonds. The van der Waals surface area contributed by atoms with Gasteiger partial charge >= 0.3 is 5.97 Å². The number of carboxylic acid groups (broad SMARTS) is 1. The number of hydrogen-bond acceptors (Lipinski definition) is 7. The average molecular weight is 570 g/mol. The van der Waals surface area contributed by atoms with Crippen molar-refractivity contribution in [3.8, 4) is 28.1 Å². The van der Waals surface area contributed by atoms with Crippen molar-refractivity contribution in [1.29, 1.82) is 0 Å². The molecule has 0 saturated heterocycles. The second kappa shape index (κ2) is 9.35. The summed E-state index contributed by atoms with van der Waals surface area (Å²) in [5, 5.41) is 21.6. The van der Waals surface area contributed by atoms with Crippen molar-refractivity contribution < 1.29 is 9.90 Å². The minimum absolute atomic E-state index is 0.126. The molecule has 0 spiro atoms. The number of rotatable bonds is 5. The van der Waals surface area contributed by atoms with Crippen LogP contribution in [-0.2, 0) is 6.42 Å². The van der Waals surface area contributed by atoms with E-state index >= 15 is 0 Å². The van der Waals surface area contributed by atoms with Crippen LogP contribution in [0, 0.1) is 0 Å². The second-order valence-corrected chi connectivity index (χ2v) is 9.69. The molecular weight excluding hydrogens is 555 g/mol. The summed E-state index contributed by atoms with van der Waals surface area (Å²) in [6, 6.07) is 9.19. The summed E-state index contributed by atoms with van der Waals surface area (Å²) in [6.45, 7) is 0.